The van der Waals surface area contributed by atoms with Crippen molar-refractivity contribution in [2.75, 3.05) is 26.2 Å². The molecule has 0 saturated carbocycles. The molecule has 2 rings (SSSR count). The summed E-state index contributed by atoms with van der Waals surface area (Å²) >= 11 is 3.38. The van der Waals surface area contributed by atoms with E-state index in [1.807, 2.05) is 19.1 Å². The monoisotopic (exact) mass is 374 g/mol. The Bertz CT molecular complexity index is 615. The first-order valence-corrected chi connectivity index (χ1v) is 9.37. The fourth-order valence-electron chi connectivity index (χ4n) is 2.55. The highest BCUT2D eigenvalue weighted by Crippen LogP contribution is 2.27. The highest BCUT2D eigenvalue weighted by atomic mass is 79.9. The van der Waals surface area contributed by atoms with E-state index in [1.165, 1.54) is 0 Å². The normalized spacial score (nSPS) is 18.9. The van der Waals surface area contributed by atoms with Crippen LogP contribution in [0.5, 0.6) is 0 Å². The first-order valence-electron chi connectivity index (χ1n) is 7.14. The summed E-state index contributed by atoms with van der Waals surface area (Å²) in [4.78, 5) is 2.68. The van der Waals surface area contributed by atoms with E-state index >= 15 is 0 Å². The zero-order valence-corrected chi connectivity index (χ0v) is 15.5. The van der Waals surface area contributed by atoms with Crippen LogP contribution in [0.25, 0.3) is 0 Å². The molecule has 1 aliphatic heterocycles. The van der Waals surface area contributed by atoms with Crippen LogP contribution in [-0.2, 0) is 10.0 Å². The third-order valence-corrected chi connectivity index (χ3v) is 6.77. The molecule has 0 aliphatic carbocycles. The van der Waals surface area contributed by atoms with Crippen LogP contribution in [-0.4, -0.2) is 49.3 Å². The van der Waals surface area contributed by atoms with E-state index in [4.69, 9.17) is 0 Å². The summed E-state index contributed by atoms with van der Waals surface area (Å²) in [5, 5.41) is 0. The van der Waals surface area contributed by atoms with Gasteiger partial charge in [-0.15, -0.1) is 0 Å². The Labute approximate surface area is 136 Å². The van der Waals surface area contributed by atoms with E-state index in [0.29, 0.717) is 22.5 Å². The van der Waals surface area contributed by atoms with Crippen molar-refractivity contribution in [2.45, 2.75) is 38.1 Å². The van der Waals surface area contributed by atoms with E-state index in [1.54, 1.807) is 10.4 Å². The topological polar surface area (TPSA) is 40.6 Å². The molecule has 0 amide bonds. The lowest BCUT2D eigenvalue weighted by atomic mass is 10.1. The Morgan fingerprint density at radius 1 is 1.10 bits per heavy atom. The predicted molar refractivity (Wildman–Crippen MR) is 89.0 cm³/mol. The number of hydrogen-bond acceptors (Lipinski definition) is 3. The summed E-state index contributed by atoms with van der Waals surface area (Å²) in [6.45, 7) is 11.1. The second kappa shape index (κ2) is 5.99. The fourth-order valence-corrected chi connectivity index (χ4v) is 5.13. The van der Waals surface area contributed by atoms with Gasteiger partial charge in [0.25, 0.3) is 0 Å². The molecule has 0 N–H and O–H groups in total. The summed E-state index contributed by atoms with van der Waals surface area (Å²) in [5.74, 6) is 0. The molecule has 21 heavy (non-hydrogen) atoms. The number of benzene rings is 1. The molecule has 118 valence electrons. The second-order valence-electron chi connectivity index (χ2n) is 6.50. The molecule has 1 aromatic carbocycles. The van der Waals surface area contributed by atoms with Crippen LogP contribution in [0.4, 0.5) is 0 Å². The minimum atomic E-state index is -3.42. The van der Waals surface area contributed by atoms with Crippen LogP contribution in [0, 0.1) is 6.92 Å². The molecule has 4 nitrogen and oxygen atoms in total. The number of piperazine rings is 1. The minimum Gasteiger partial charge on any atom is -0.296 e. The van der Waals surface area contributed by atoms with Gasteiger partial charge in [0.15, 0.2) is 0 Å². The van der Waals surface area contributed by atoms with Crippen molar-refractivity contribution in [2.24, 2.45) is 0 Å². The van der Waals surface area contributed by atoms with Crippen molar-refractivity contribution >= 4 is 26.0 Å². The highest BCUT2D eigenvalue weighted by molar-refractivity contribution is 9.10. The van der Waals surface area contributed by atoms with E-state index in [0.717, 1.165) is 18.7 Å². The van der Waals surface area contributed by atoms with Crippen LogP contribution in [0.3, 0.4) is 0 Å². The molecule has 1 fully saturated rings. The van der Waals surface area contributed by atoms with Crippen molar-refractivity contribution in [3.63, 3.8) is 0 Å². The highest BCUT2D eigenvalue weighted by Gasteiger charge is 2.32. The van der Waals surface area contributed by atoms with Crippen LogP contribution >= 0.6 is 15.9 Å². The van der Waals surface area contributed by atoms with E-state index in [2.05, 4.69) is 41.6 Å². The maximum atomic E-state index is 12.8. The van der Waals surface area contributed by atoms with Crippen LogP contribution in [0.2, 0.25) is 0 Å². The molecule has 0 unspecified atom stereocenters. The van der Waals surface area contributed by atoms with Gasteiger partial charge in [-0.25, -0.2) is 8.42 Å². The minimum absolute atomic E-state index is 0.0836. The number of sulfonamides is 1. The van der Waals surface area contributed by atoms with Gasteiger partial charge in [-0.2, -0.15) is 4.31 Å². The van der Waals surface area contributed by atoms with Gasteiger partial charge in [-0.1, -0.05) is 6.07 Å². The average molecular weight is 375 g/mol. The summed E-state index contributed by atoms with van der Waals surface area (Å²) in [6, 6.07) is 5.37. The van der Waals surface area contributed by atoms with Crippen molar-refractivity contribution in [3.8, 4) is 0 Å². The molecule has 6 heteroatoms. The Hall–Kier alpha value is -0.430. The Kier molecular flexibility index (Phi) is 4.83. The van der Waals surface area contributed by atoms with Gasteiger partial charge < -0.3 is 0 Å². The van der Waals surface area contributed by atoms with Gasteiger partial charge in [0, 0.05) is 36.2 Å². The average Bonchev–Trinajstić information content (AvgIpc) is 2.37. The van der Waals surface area contributed by atoms with E-state index < -0.39 is 10.0 Å². The maximum absolute atomic E-state index is 12.8. The number of halogens is 1. The molecule has 0 atom stereocenters. The smallest absolute Gasteiger partial charge is 0.244 e. The molecule has 1 heterocycles. The number of hydrogen-bond donors (Lipinski definition) is 0. The Morgan fingerprint density at radius 2 is 1.67 bits per heavy atom. The lowest BCUT2D eigenvalue weighted by Gasteiger charge is -2.41. The van der Waals surface area contributed by atoms with Crippen molar-refractivity contribution < 1.29 is 8.42 Å². The lowest BCUT2D eigenvalue weighted by Crippen LogP contribution is -2.54. The first-order chi connectivity index (χ1) is 9.62. The zero-order valence-electron chi connectivity index (χ0n) is 13.1. The van der Waals surface area contributed by atoms with Gasteiger partial charge in [0.2, 0.25) is 10.0 Å². The van der Waals surface area contributed by atoms with Crippen molar-refractivity contribution in [1.82, 2.24) is 9.21 Å². The lowest BCUT2D eigenvalue weighted by molar-refractivity contribution is 0.0921. The Morgan fingerprint density at radius 3 is 2.14 bits per heavy atom. The molecule has 1 saturated heterocycles. The van der Waals surface area contributed by atoms with E-state index in [-0.39, 0.29) is 5.54 Å². The molecule has 0 bridgehead atoms. The standard InChI is InChI=1S/C15H23BrN2O2S/c1-12-5-6-14(13(16)11-12)21(19,20)18-9-7-17(8-10-18)15(2,3)4/h5-6,11H,7-10H2,1-4H3. The fraction of sp³-hybridized carbons (Fsp3) is 0.600. The van der Waals surface area contributed by atoms with Crippen LogP contribution < -0.4 is 0 Å². The molecular weight excluding hydrogens is 352 g/mol. The third-order valence-electron chi connectivity index (χ3n) is 3.89. The SMILES string of the molecule is Cc1ccc(S(=O)(=O)N2CCN(C(C)(C)C)CC2)c(Br)c1. The number of rotatable bonds is 2. The van der Waals surface area contributed by atoms with Crippen molar-refractivity contribution in [3.05, 3.63) is 28.2 Å². The quantitative estimate of drug-likeness (QED) is 0.798. The van der Waals surface area contributed by atoms with E-state index in [9.17, 15) is 8.42 Å². The Balaban J connectivity index is 2.19. The molecule has 1 aromatic rings. The summed E-state index contributed by atoms with van der Waals surface area (Å²) in [7, 11) is -3.42. The van der Waals surface area contributed by atoms with Crippen molar-refractivity contribution in [1.29, 1.82) is 0 Å². The molecular formula is C15H23BrN2O2S. The van der Waals surface area contributed by atoms with Crippen LogP contribution in [0.15, 0.2) is 27.6 Å². The molecule has 0 radical (unpaired) electrons. The zero-order chi connectivity index (χ0) is 15.8. The van der Waals surface area contributed by atoms with Gasteiger partial charge in [-0.05, 0) is 61.3 Å². The van der Waals surface area contributed by atoms with Gasteiger partial charge >= 0.3 is 0 Å². The number of aryl methyl sites for hydroxylation is 1. The molecule has 0 spiro atoms. The van der Waals surface area contributed by atoms with Gasteiger partial charge in [0.05, 0.1) is 4.90 Å². The summed E-state index contributed by atoms with van der Waals surface area (Å²) < 4.78 is 27.7. The third kappa shape index (κ3) is 3.67. The predicted octanol–water partition coefficient (Wildman–Crippen LogP) is 2.86. The molecule has 1 aliphatic rings. The van der Waals surface area contributed by atoms with Gasteiger partial charge in [-0.3, -0.25) is 4.90 Å². The first kappa shape index (κ1) is 16.9. The van der Waals surface area contributed by atoms with Crippen LogP contribution in [0.1, 0.15) is 26.3 Å². The largest absolute Gasteiger partial charge is 0.296 e. The summed E-state index contributed by atoms with van der Waals surface area (Å²) in [5.41, 5.74) is 1.12. The maximum Gasteiger partial charge on any atom is 0.244 e. The molecule has 0 aromatic heterocycles. The summed E-state index contributed by atoms with van der Waals surface area (Å²) in [6.07, 6.45) is 0. The second-order valence-corrected chi connectivity index (χ2v) is 9.26. The number of nitrogens with zero attached hydrogens (tertiary/aromatic N) is 2. The van der Waals surface area contributed by atoms with Gasteiger partial charge in [0.1, 0.15) is 0 Å².